The molecule has 1 heterocycles. The van der Waals surface area contributed by atoms with E-state index in [1.807, 2.05) is 12.1 Å². The minimum Gasteiger partial charge on any atom is -0.330 e. The van der Waals surface area contributed by atoms with Gasteiger partial charge in [0.2, 0.25) is 10.0 Å². The van der Waals surface area contributed by atoms with Crippen molar-refractivity contribution in [2.24, 2.45) is 0 Å². The first-order valence-electron chi connectivity index (χ1n) is 9.24. The lowest BCUT2D eigenvalue weighted by Gasteiger charge is -2.34. The van der Waals surface area contributed by atoms with E-state index in [2.05, 4.69) is 20.8 Å². The predicted octanol–water partition coefficient (Wildman–Crippen LogP) is 1.82. The van der Waals surface area contributed by atoms with Crippen LogP contribution in [-0.2, 0) is 15.4 Å². The van der Waals surface area contributed by atoms with E-state index in [-0.39, 0.29) is 5.41 Å². The molecule has 0 bridgehead atoms. The Hall–Kier alpha value is -0.910. The number of piperazine rings is 1. The van der Waals surface area contributed by atoms with Crippen LogP contribution in [0.4, 0.5) is 0 Å². The van der Waals surface area contributed by atoms with E-state index in [9.17, 15) is 8.42 Å². The number of nitrogens with one attached hydrogen (secondary N) is 1. The summed E-state index contributed by atoms with van der Waals surface area (Å²) in [6, 6.07) is 8.21. The Bertz CT molecular complexity index is 648. The maximum absolute atomic E-state index is 12.9. The Kier molecular flexibility index (Phi) is 5.05. The van der Waals surface area contributed by atoms with Crippen LogP contribution in [0.2, 0.25) is 0 Å². The van der Waals surface area contributed by atoms with Gasteiger partial charge in [-0.25, -0.2) is 8.42 Å². The van der Waals surface area contributed by atoms with Crippen LogP contribution >= 0.6 is 0 Å². The predicted molar refractivity (Wildman–Crippen MR) is 96.9 cm³/mol. The van der Waals surface area contributed by atoms with Gasteiger partial charge in [0, 0.05) is 0 Å². The summed E-state index contributed by atoms with van der Waals surface area (Å²) in [5, 5.41) is 0. The number of benzene rings is 1. The van der Waals surface area contributed by atoms with Gasteiger partial charge in [-0.1, -0.05) is 32.9 Å². The summed E-state index contributed by atoms with van der Waals surface area (Å²) in [4.78, 5) is 2.04. The first-order chi connectivity index (χ1) is 11.3. The molecule has 0 unspecified atom stereocenters. The fraction of sp³-hybridized carbons (Fsp3) is 0.684. The maximum Gasteiger partial charge on any atom is 0.243 e. The molecule has 3 rings (SSSR count). The van der Waals surface area contributed by atoms with Gasteiger partial charge in [0.1, 0.15) is 0 Å². The van der Waals surface area contributed by atoms with Crippen LogP contribution < -0.4 is 4.90 Å². The average Bonchev–Trinajstić information content (AvgIpc) is 3.09. The number of rotatable bonds is 3. The standard InChI is InChI=1S/C19H30N2O2S/c1-19(2,3)16-8-10-18(11-9-16)24(22,23)21-14-12-20(13-15-21)17-6-4-5-7-17/h8-11,17H,4-7,12-15H2,1-3H3/p+1. The van der Waals surface area contributed by atoms with Crippen molar-refractivity contribution in [2.45, 2.75) is 62.8 Å². The highest BCUT2D eigenvalue weighted by molar-refractivity contribution is 7.89. The summed E-state index contributed by atoms with van der Waals surface area (Å²) in [5.41, 5.74) is 1.20. The van der Waals surface area contributed by atoms with Crippen molar-refractivity contribution >= 4 is 10.0 Å². The highest BCUT2D eigenvalue weighted by atomic mass is 32.2. The Morgan fingerprint density at radius 2 is 1.54 bits per heavy atom. The zero-order chi connectivity index (χ0) is 17.4. The summed E-state index contributed by atoms with van der Waals surface area (Å²) in [6.07, 6.45) is 5.32. The summed E-state index contributed by atoms with van der Waals surface area (Å²) < 4.78 is 27.5. The molecule has 1 N–H and O–H groups in total. The molecule has 1 saturated carbocycles. The molecule has 0 aromatic heterocycles. The number of nitrogens with zero attached hydrogens (tertiary/aromatic N) is 1. The average molecular weight is 352 g/mol. The van der Waals surface area contributed by atoms with Crippen LogP contribution in [0, 0.1) is 0 Å². The second-order valence-electron chi connectivity index (χ2n) is 8.32. The number of quaternary nitrogens is 1. The Morgan fingerprint density at radius 1 is 1.00 bits per heavy atom. The Morgan fingerprint density at radius 3 is 2.04 bits per heavy atom. The third-order valence-electron chi connectivity index (χ3n) is 5.66. The van der Waals surface area contributed by atoms with Gasteiger partial charge >= 0.3 is 0 Å². The van der Waals surface area contributed by atoms with Crippen LogP contribution in [0.3, 0.4) is 0 Å². The number of sulfonamides is 1. The quantitative estimate of drug-likeness (QED) is 0.902. The number of hydrogen-bond acceptors (Lipinski definition) is 2. The second-order valence-corrected chi connectivity index (χ2v) is 10.3. The molecule has 24 heavy (non-hydrogen) atoms. The van der Waals surface area contributed by atoms with E-state index in [1.54, 1.807) is 21.3 Å². The monoisotopic (exact) mass is 351 g/mol. The molecule has 0 spiro atoms. The SMILES string of the molecule is CC(C)(C)c1ccc(S(=O)(=O)N2CC[NH+](C3CCCC3)CC2)cc1. The van der Waals surface area contributed by atoms with Crippen LogP contribution in [0.5, 0.6) is 0 Å². The van der Waals surface area contributed by atoms with Gasteiger partial charge in [-0.2, -0.15) is 4.31 Å². The molecule has 2 fully saturated rings. The molecule has 0 amide bonds. The van der Waals surface area contributed by atoms with Gasteiger partial charge in [0.05, 0.1) is 37.1 Å². The maximum atomic E-state index is 12.9. The normalized spacial score (nSPS) is 22.1. The summed E-state index contributed by atoms with van der Waals surface area (Å²) >= 11 is 0. The van der Waals surface area contributed by atoms with Crippen molar-refractivity contribution in [1.29, 1.82) is 0 Å². The van der Waals surface area contributed by atoms with E-state index in [0.717, 1.165) is 24.7 Å². The fourth-order valence-electron chi connectivity index (χ4n) is 4.03. The zero-order valence-electron chi connectivity index (χ0n) is 15.2. The van der Waals surface area contributed by atoms with Crippen LogP contribution in [-0.4, -0.2) is 44.9 Å². The van der Waals surface area contributed by atoms with Gasteiger partial charge in [0.15, 0.2) is 0 Å². The molecule has 1 saturated heterocycles. The Balaban J connectivity index is 1.67. The highest BCUT2D eigenvalue weighted by Crippen LogP contribution is 2.24. The molecule has 134 valence electrons. The van der Waals surface area contributed by atoms with E-state index >= 15 is 0 Å². The lowest BCUT2D eigenvalue weighted by Crippen LogP contribution is -3.18. The fourth-order valence-corrected chi connectivity index (χ4v) is 5.47. The molecule has 1 aromatic carbocycles. The molecule has 1 aromatic rings. The molecule has 1 aliphatic carbocycles. The van der Waals surface area contributed by atoms with Gasteiger partial charge in [-0.15, -0.1) is 0 Å². The smallest absolute Gasteiger partial charge is 0.243 e. The van der Waals surface area contributed by atoms with Crippen LogP contribution in [0.1, 0.15) is 52.0 Å². The van der Waals surface area contributed by atoms with Crippen molar-refractivity contribution in [3.05, 3.63) is 29.8 Å². The molecule has 2 aliphatic rings. The molecule has 1 aliphatic heterocycles. The third kappa shape index (κ3) is 3.68. The minimum absolute atomic E-state index is 0.0402. The van der Waals surface area contributed by atoms with Gasteiger partial charge < -0.3 is 4.90 Å². The van der Waals surface area contributed by atoms with Crippen molar-refractivity contribution in [3.8, 4) is 0 Å². The summed E-state index contributed by atoms with van der Waals surface area (Å²) in [7, 11) is -3.35. The lowest BCUT2D eigenvalue weighted by molar-refractivity contribution is -0.928. The van der Waals surface area contributed by atoms with Crippen molar-refractivity contribution in [2.75, 3.05) is 26.2 Å². The topological polar surface area (TPSA) is 41.8 Å². The molecular weight excluding hydrogens is 320 g/mol. The third-order valence-corrected chi connectivity index (χ3v) is 7.57. The Labute approximate surface area is 146 Å². The lowest BCUT2D eigenvalue weighted by atomic mass is 9.87. The molecule has 0 atom stereocenters. The van der Waals surface area contributed by atoms with Crippen LogP contribution in [0.15, 0.2) is 29.2 Å². The minimum atomic E-state index is -3.35. The molecule has 4 nitrogen and oxygen atoms in total. The zero-order valence-corrected chi connectivity index (χ0v) is 16.0. The second kappa shape index (κ2) is 6.77. The van der Waals surface area contributed by atoms with Crippen molar-refractivity contribution < 1.29 is 13.3 Å². The molecular formula is C19H31N2O2S+. The van der Waals surface area contributed by atoms with Gasteiger partial charge in [0.25, 0.3) is 0 Å². The van der Waals surface area contributed by atoms with E-state index in [0.29, 0.717) is 18.0 Å². The van der Waals surface area contributed by atoms with Gasteiger partial charge in [-0.05, 0) is 48.8 Å². The van der Waals surface area contributed by atoms with E-state index in [1.165, 1.54) is 25.7 Å². The van der Waals surface area contributed by atoms with Crippen molar-refractivity contribution in [1.82, 2.24) is 4.31 Å². The first-order valence-corrected chi connectivity index (χ1v) is 10.7. The highest BCUT2D eigenvalue weighted by Gasteiger charge is 2.34. The number of hydrogen-bond donors (Lipinski definition) is 1. The summed E-state index contributed by atoms with van der Waals surface area (Å²) in [5.74, 6) is 0. The first kappa shape index (κ1) is 17.9. The largest absolute Gasteiger partial charge is 0.330 e. The summed E-state index contributed by atoms with van der Waals surface area (Å²) in [6.45, 7) is 9.61. The van der Waals surface area contributed by atoms with Crippen molar-refractivity contribution in [3.63, 3.8) is 0 Å². The molecule has 0 radical (unpaired) electrons. The van der Waals surface area contributed by atoms with E-state index < -0.39 is 10.0 Å². The molecule has 5 heteroatoms. The van der Waals surface area contributed by atoms with E-state index in [4.69, 9.17) is 0 Å². The van der Waals surface area contributed by atoms with Gasteiger partial charge in [-0.3, -0.25) is 0 Å². The van der Waals surface area contributed by atoms with Crippen LogP contribution in [0.25, 0.3) is 0 Å².